The van der Waals surface area contributed by atoms with Crippen LogP contribution in [0.4, 0.5) is 0 Å². The van der Waals surface area contributed by atoms with E-state index in [1.807, 2.05) is 0 Å². The topological polar surface area (TPSA) is 29.9 Å². The summed E-state index contributed by atoms with van der Waals surface area (Å²) < 4.78 is 2.06. The summed E-state index contributed by atoms with van der Waals surface area (Å²) in [6, 6.07) is 8.79. The Morgan fingerprint density at radius 3 is 2.74 bits per heavy atom. The van der Waals surface area contributed by atoms with Gasteiger partial charge >= 0.3 is 0 Å². The zero-order valence-corrected chi connectivity index (χ0v) is 12.6. The number of halogens is 1. The van der Waals surface area contributed by atoms with Crippen LogP contribution in [0.1, 0.15) is 26.5 Å². The van der Waals surface area contributed by atoms with Gasteiger partial charge in [-0.2, -0.15) is 5.10 Å². The lowest BCUT2D eigenvalue weighted by Gasteiger charge is -2.18. The molecule has 1 N–H and O–H groups in total. The molecule has 0 bridgehead atoms. The number of nitrogens with one attached hydrogen (secondary N) is 1. The van der Waals surface area contributed by atoms with Gasteiger partial charge in [0.2, 0.25) is 0 Å². The highest BCUT2D eigenvalue weighted by atomic mass is 35.5. The van der Waals surface area contributed by atoms with Crippen LogP contribution < -0.4 is 5.32 Å². The molecule has 0 fully saturated rings. The highest BCUT2D eigenvalue weighted by molar-refractivity contribution is 6.18. The predicted molar refractivity (Wildman–Crippen MR) is 81.6 cm³/mol. The van der Waals surface area contributed by atoms with Crippen LogP contribution >= 0.6 is 11.6 Å². The number of hydrogen-bond donors (Lipinski definition) is 1. The molecular formula is C15H22ClN3. The normalized spacial score (nSPS) is 14.7. The lowest BCUT2D eigenvalue weighted by atomic mass is 10.1. The molecule has 4 heteroatoms. The van der Waals surface area contributed by atoms with Crippen molar-refractivity contribution in [3.63, 3.8) is 0 Å². The third kappa shape index (κ3) is 3.10. The average Bonchev–Trinajstić information content (AvgIpc) is 2.82. The molecule has 2 atom stereocenters. The van der Waals surface area contributed by atoms with E-state index in [-0.39, 0.29) is 0 Å². The molecule has 3 nitrogen and oxygen atoms in total. The highest BCUT2D eigenvalue weighted by Crippen LogP contribution is 2.18. The van der Waals surface area contributed by atoms with Crippen LogP contribution in [0.15, 0.2) is 24.3 Å². The van der Waals surface area contributed by atoms with Gasteiger partial charge in [-0.1, -0.05) is 25.1 Å². The van der Waals surface area contributed by atoms with Gasteiger partial charge in [0.05, 0.1) is 11.2 Å². The molecule has 19 heavy (non-hydrogen) atoms. The monoisotopic (exact) mass is 279 g/mol. The third-order valence-electron chi connectivity index (χ3n) is 3.72. The van der Waals surface area contributed by atoms with Crippen molar-refractivity contribution >= 4 is 22.5 Å². The lowest BCUT2D eigenvalue weighted by molar-refractivity contribution is 0.426. The second-order valence-corrected chi connectivity index (χ2v) is 5.39. The lowest BCUT2D eigenvalue weighted by Crippen LogP contribution is -2.32. The summed E-state index contributed by atoms with van der Waals surface area (Å²) in [5, 5.41) is 9.44. The third-order valence-corrected chi connectivity index (χ3v) is 4.21. The van der Waals surface area contributed by atoms with E-state index in [0.717, 1.165) is 18.8 Å². The van der Waals surface area contributed by atoms with Crippen LogP contribution in [0, 0.1) is 5.92 Å². The summed E-state index contributed by atoms with van der Waals surface area (Å²) in [7, 11) is 0. The van der Waals surface area contributed by atoms with Gasteiger partial charge in [-0.25, -0.2) is 0 Å². The van der Waals surface area contributed by atoms with Gasteiger partial charge in [0, 0.05) is 30.4 Å². The molecule has 104 valence electrons. The van der Waals surface area contributed by atoms with Crippen molar-refractivity contribution in [3.8, 4) is 0 Å². The van der Waals surface area contributed by atoms with E-state index in [1.165, 1.54) is 10.9 Å². The molecular weight excluding hydrogens is 258 g/mol. The van der Waals surface area contributed by atoms with E-state index in [4.69, 9.17) is 11.6 Å². The van der Waals surface area contributed by atoms with Gasteiger partial charge in [0.1, 0.15) is 0 Å². The molecule has 2 rings (SSSR count). The first-order valence-electron chi connectivity index (χ1n) is 6.91. The van der Waals surface area contributed by atoms with Crippen LogP contribution in [-0.2, 0) is 13.1 Å². The van der Waals surface area contributed by atoms with Crippen molar-refractivity contribution in [1.82, 2.24) is 15.1 Å². The van der Waals surface area contributed by atoms with E-state index < -0.39 is 0 Å². The Morgan fingerprint density at radius 2 is 2.05 bits per heavy atom. The molecule has 0 aliphatic heterocycles. The molecule has 0 saturated heterocycles. The zero-order chi connectivity index (χ0) is 13.8. The minimum atomic E-state index is 0.392. The average molecular weight is 280 g/mol. The van der Waals surface area contributed by atoms with Crippen molar-refractivity contribution in [3.05, 3.63) is 30.0 Å². The highest BCUT2D eigenvalue weighted by Gasteiger charge is 2.13. The van der Waals surface area contributed by atoms with Crippen LogP contribution in [0.5, 0.6) is 0 Å². The number of para-hydroxylation sites is 1. The number of aromatic nitrogens is 2. The maximum atomic E-state index is 5.89. The molecule has 1 heterocycles. The van der Waals surface area contributed by atoms with Crippen molar-refractivity contribution in [2.24, 2.45) is 5.92 Å². The van der Waals surface area contributed by atoms with Crippen LogP contribution in [0.3, 0.4) is 0 Å². The second-order valence-electron chi connectivity index (χ2n) is 5.08. The van der Waals surface area contributed by atoms with Crippen molar-refractivity contribution < 1.29 is 0 Å². The fourth-order valence-electron chi connectivity index (χ4n) is 2.16. The van der Waals surface area contributed by atoms with Crippen molar-refractivity contribution in [2.45, 2.75) is 39.9 Å². The van der Waals surface area contributed by atoms with Gasteiger partial charge in [-0.15, -0.1) is 11.6 Å². The molecule has 0 aliphatic rings. The Morgan fingerprint density at radius 1 is 1.32 bits per heavy atom. The molecule has 0 radical (unpaired) electrons. The summed E-state index contributed by atoms with van der Waals surface area (Å²) in [6.07, 6.45) is 0. The van der Waals surface area contributed by atoms with Crippen molar-refractivity contribution in [2.75, 3.05) is 5.88 Å². The first-order valence-corrected chi connectivity index (χ1v) is 7.44. The Labute approximate surface area is 119 Å². The molecule has 0 saturated carbocycles. The molecule has 0 spiro atoms. The number of benzene rings is 1. The van der Waals surface area contributed by atoms with Gasteiger partial charge in [-0.3, -0.25) is 4.68 Å². The summed E-state index contributed by atoms with van der Waals surface area (Å²) >= 11 is 5.89. The molecule has 1 aromatic heterocycles. The minimum Gasteiger partial charge on any atom is -0.308 e. The maximum absolute atomic E-state index is 5.89. The smallest absolute Gasteiger partial charge is 0.0841 e. The fraction of sp³-hybridized carbons (Fsp3) is 0.533. The molecule has 2 aromatic rings. The van der Waals surface area contributed by atoms with E-state index in [1.54, 1.807) is 0 Å². The van der Waals surface area contributed by atoms with Gasteiger partial charge < -0.3 is 5.32 Å². The van der Waals surface area contributed by atoms with E-state index >= 15 is 0 Å². The Balaban J connectivity index is 2.17. The van der Waals surface area contributed by atoms with E-state index in [0.29, 0.717) is 17.8 Å². The largest absolute Gasteiger partial charge is 0.308 e. The first kappa shape index (κ1) is 14.4. The molecule has 2 unspecified atom stereocenters. The summed E-state index contributed by atoms with van der Waals surface area (Å²) in [6.45, 7) is 8.14. The fourth-order valence-corrected chi connectivity index (χ4v) is 2.43. The molecule has 0 aliphatic carbocycles. The number of aryl methyl sites for hydroxylation is 1. The summed E-state index contributed by atoms with van der Waals surface area (Å²) in [5.41, 5.74) is 2.32. The van der Waals surface area contributed by atoms with Crippen LogP contribution in [0.25, 0.3) is 10.9 Å². The van der Waals surface area contributed by atoms with Crippen LogP contribution in [-0.4, -0.2) is 21.7 Å². The van der Waals surface area contributed by atoms with Gasteiger partial charge in [-0.05, 0) is 25.8 Å². The number of alkyl halides is 1. The van der Waals surface area contributed by atoms with Gasteiger partial charge in [0.25, 0.3) is 0 Å². The second kappa shape index (κ2) is 6.40. The number of nitrogens with zero attached hydrogens (tertiary/aromatic N) is 2. The number of rotatable bonds is 6. The standard InChI is InChI=1S/C15H22ClN3/c1-4-19-15-8-6-5-7-13(15)14(18-19)10-17-12(3)11(2)9-16/h5-8,11-12,17H,4,9-10H2,1-3H3. The Hall–Kier alpha value is -1.06. The predicted octanol–water partition coefficient (Wildman–Crippen LogP) is 3.41. The van der Waals surface area contributed by atoms with Crippen molar-refractivity contribution in [1.29, 1.82) is 0 Å². The minimum absolute atomic E-state index is 0.392. The quantitative estimate of drug-likeness (QED) is 0.821. The molecule has 0 amide bonds. The van der Waals surface area contributed by atoms with Gasteiger partial charge in [0.15, 0.2) is 0 Å². The summed E-state index contributed by atoms with van der Waals surface area (Å²) in [5.74, 6) is 1.14. The Kier molecular flexibility index (Phi) is 4.83. The number of fused-ring (bicyclic) bond motifs is 1. The molecule has 1 aromatic carbocycles. The maximum Gasteiger partial charge on any atom is 0.0841 e. The number of hydrogen-bond acceptors (Lipinski definition) is 2. The summed E-state index contributed by atoms with van der Waals surface area (Å²) in [4.78, 5) is 0. The SMILES string of the molecule is CCn1nc(CNC(C)C(C)CCl)c2ccccc21. The zero-order valence-electron chi connectivity index (χ0n) is 11.9. The van der Waals surface area contributed by atoms with E-state index in [9.17, 15) is 0 Å². The van der Waals surface area contributed by atoms with Crippen LogP contribution in [0.2, 0.25) is 0 Å². The Bertz CT molecular complexity index is 535. The van der Waals surface area contributed by atoms with E-state index in [2.05, 4.69) is 60.1 Å². The first-order chi connectivity index (χ1) is 9.17.